The molecule has 0 radical (unpaired) electrons. The van der Waals surface area contributed by atoms with Crippen LogP contribution in [0.25, 0.3) is 0 Å². The zero-order valence-corrected chi connectivity index (χ0v) is 9.72. The summed E-state index contributed by atoms with van der Waals surface area (Å²) >= 11 is 0. The van der Waals surface area contributed by atoms with Gasteiger partial charge in [-0.3, -0.25) is 19.5 Å². The van der Waals surface area contributed by atoms with Crippen molar-refractivity contribution in [2.45, 2.75) is 25.8 Å². The molecule has 5 nitrogen and oxygen atoms in total. The summed E-state index contributed by atoms with van der Waals surface area (Å²) in [5.41, 5.74) is 6.16. The maximum absolute atomic E-state index is 12.1. The lowest BCUT2D eigenvalue weighted by molar-refractivity contribution is 0.0572. The number of rotatable bonds is 4. The molecule has 2 rings (SSSR count). The monoisotopic (exact) mass is 233 g/mol. The van der Waals surface area contributed by atoms with Gasteiger partial charge in [0.05, 0.1) is 5.56 Å². The summed E-state index contributed by atoms with van der Waals surface area (Å²) < 4.78 is 0. The lowest BCUT2D eigenvalue weighted by Gasteiger charge is -2.24. The van der Waals surface area contributed by atoms with Gasteiger partial charge in [0.1, 0.15) is 5.69 Å². The predicted molar refractivity (Wildman–Crippen MR) is 62.5 cm³/mol. The summed E-state index contributed by atoms with van der Waals surface area (Å²) in [5, 5.41) is 0. The Morgan fingerprint density at radius 1 is 1.41 bits per heavy atom. The number of nitrogens with two attached hydrogens (primary N) is 1. The van der Waals surface area contributed by atoms with Crippen molar-refractivity contribution in [2.24, 2.45) is 5.73 Å². The highest BCUT2D eigenvalue weighted by atomic mass is 16.2. The Morgan fingerprint density at radius 3 is 2.76 bits per heavy atom. The Balaban J connectivity index is 2.35. The fourth-order valence-corrected chi connectivity index (χ4v) is 2.12. The van der Waals surface area contributed by atoms with Gasteiger partial charge in [0.2, 0.25) is 0 Å². The van der Waals surface area contributed by atoms with Crippen LogP contribution in [-0.4, -0.2) is 34.3 Å². The third-order valence-corrected chi connectivity index (χ3v) is 3.01. The van der Waals surface area contributed by atoms with Crippen molar-refractivity contribution in [2.75, 3.05) is 6.54 Å². The number of pyridine rings is 1. The maximum atomic E-state index is 12.1. The standard InChI is InChI=1S/C12H15N3O2/c1-2-8(5-6-13)15-11(16)9-4-3-7-14-10(9)12(15)17/h3-4,7-8H,2,5-6,13H2,1H3. The fraction of sp³-hybridized carbons (Fsp3) is 0.417. The molecule has 2 amide bonds. The molecule has 1 aromatic heterocycles. The van der Waals surface area contributed by atoms with Crippen molar-refractivity contribution < 1.29 is 9.59 Å². The molecule has 0 saturated heterocycles. The van der Waals surface area contributed by atoms with E-state index in [1.54, 1.807) is 12.1 Å². The zero-order chi connectivity index (χ0) is 12.4. The second kappa shape index (κ2) is 4.63. The molecule has 1 aliphatic heterocycles. The highest BCUT2D eigenvalue weighted by Crippen LogP contribution is 2.24. The first-order valence-corrected chi connectivity index (χ1v) is 5.73. The lowest BCUT2D eigenvalue weighted by atomic mass is 10.1. The minimum absolute atomic E-state index is 0.130. The molecule has 1 aromatic rings. The second-order valence-electron chi connectivity index (χ2n) is 4.02. The molecule has 0 bridgehead atoms. The summed E-state index contributed by atoms with van der Waals surface area (Å²) in [6.07, 6.45) is 2.86. The third kappa shape index (κ3) is 1.82. The van der Waals surface area contributed by atoms with Crippen LogP contribution in [-0.2, 0) is 0 Å². The van der Waals surface area contributed by atoms with Gasteiger partial charge in [-0.2, -0.15) is 0 Å². The minimum Gasteiger partial charge on any atom is -0.330 e. The van der Waals surface area contributed by atoms with Crippen LogP contribution in [0.5, 0.6) is 0 Å². The highest BCUT2D eigenvalue weighted by molar-refractivity contribution is 6.20. The Labute approximate surface area is 99.6 Å². The maximum Gasteiger partial charge on any atom is 0.280 e. The molecule has 17 heavy (non-hydrogen) atoms. The predicted octanol–water partition coefficient (Wildman–Crippen LogP) is 0.805. The van der Waals surface area contributed by atoms with Crippen molar-refractivity contribution in [3.05, 3.63) is 29.6 Å². The van der Waals surface area contributed by atoms with Gasteiger partial charge >= 0.3 is 0 Å². The molecule has 1 unspecified atom stereocenters. The van der Waals surface area contributed by atoms with Crippen LogP contribution in [0.4, 0.5) is 0 Å². The number of hydrogen-bond donors (Lipinski definition) is 1. The van der Waals surface area contributed by atoms with Crippen molar-refractivity contribution >= 4 is 11.8 Å². The number of imide groups is 1. The molecule has 0 spiro atoms. The van der Waals surface area contributed by atoms with Crippen LogP contribution >= 0.6 is 0 Å². The molecular formula is C12H15N3O2. The average molecular weight is 233 g/mol. The van der Waals surface area contributed by atoms with Gasteiger partial charge in [0.25, 0.3) is 11.8 Å². The van der Waals surface area contributed by atoms with E-state index in [1.807, 2.05) is 6.92 Å². The fourth-order valence-electron chi connectivity index (χ4n) is 2.12. The summed E-state index contributed by atoms with van der Waals surface area (Å²) in [6, 6.07) is 3.17. The smallest absolute Gasteiger partial charge is 0.280 e. The van der Waals surface area contributed by atoms with Gasteiger partial charge < -0.3 is 5.73 Å². The minimum atomic E-state index is -0.300. The third-order valence-electron chi connectivity index (χ3n) is 3.01. The van der Waals surface area contributed by atoms with Gasteiger partial charge in [0.15, 0.2) is 0 Å². The van der Waals surface area contributed by atoms with E-state index >= 15 is 0 Å². The van der Waals surface area contributed by atoms with Gasteiger partial charge in [-0.05, 0) is 31.5 Å². The Morgan fingerprint density at radius 2 is 2.18 bits per heavy atom. The van der Waals surface area contributed by atoms with Crippen LogP contribution in [0.2, 0.25) is 0 Å². The van der Waals surface area contributed by atoms with Crippen LogP contribution < -0.4 is 5.73 Å². The second-order valence-corrected chi connectivity index (χ2v) is 4.02. The molecule has 0 saturated carbocycles. The van der Waals surface area contributed by atoms with E-state index in [0.29, 0.717) is 24.9 Å². The Hall–Kier alpha value is -1.75. The van der Waals surface area contributed by atoms with E-state index in [0.717, 1.165) is 0 Å². The van der Waals surface area contributed by atoms with E-state index in [1.165, 1.54) is 11.1 Å². The van der Waals surface area contributed by atoms with Crippen molar-refractivity contribution in [1.82, 2.24) is 9.88 Å². The van der Waals surface area contributed by atoms with Crippen molar-refractivity contribution in [3.8, 4) is 0 Å². The lowest BCUT2D eigenvalue weighted by Crippen LogP contribution is -2.40. The Kier molecular flexibility index (Phi) is 3.19. The quantitative estimate of drug-likeness (QED) is 0.780. The molecule has 1 atom stereocenters. The average Bonchev–Trinajstić information content (AvgIpc) is 2.61. The molecular weight excluding hydrogens is 218 g/mol. The normalized spacial score (nSPS) is 16.2. The van der Waals surface area contributed by atoms with Crippen molar-refractivity contribution in [3.63, 3.8) is 0 Å². The number of amides is 2. The first-order chi connectivity index (χ1) is 8.20. The summed E-state index contributed by atoms with van der Waals surface area (Å²) in [6.45, 7) is 2.40. The van der Waals surface area contributed by atoms with E-state index in [9.17, 15) is 9.59 Å². The van der Waals surface area contributed by atoms with Gasteiger partial charge in [0, 0.05) is 12.2 Å². The van der Waals surface area contributed by atoms with E-state index in [4.69, 9.17) is 5.73 Å². The van der Waals surface area contributed by atoms with Crippen molar-refractivity contribution in [1.29, 1.82) is 0 Å². The van der Waals surface area contributed by atoms with E-state index < -0.39 is 0 Å². The van der Waals surface area contributed by atoms with Crippen LogP contribution in [0.3, 0.4) is 0 Å². The largest absolute Gasteiger partial charge is 0.330 e. The molecule has 5 heteroatoms. The number of carbonyl (C=O) groups is 2. The topological polar surface area (TPSA) is 76.3 Å². The van der Waals surface area contributed by atoms with E-state index in [2.05, 4.69) is 4.98 Å². The molecule has 0 fully saturated rings. The summed E-state index contributed by atoms with van der Waals surface area (Å²) in [7, 11) is 0. The molecule has 2 N–H and O–H groups in total. The molecule has 1 aliphatic rings. The summed E-state index contributed by atoms with van der Waals surface area (Å²) in [5.74, 6) is -0.552. The highest BCUT2D eigenvalue weighted by Gasteiger charge is 2.39. The van der Waals surface area contributed by atoms with E-state index in [-0.39, 0.29) is 23.6 Å². The number of hydrogen-bond acceptors (Lipinski definition) is 4. The van der Waals surface area contributed by atoms with Gasteiger partial charge in [-0.15, -0.1) is 0 Å². The Bertz CT molecular complexity index is 424. The number of carbonyl (C=O) groups excluding carboxylic acids is 2. The first kappa shape index (κ1) is 11.7. The van der Waals surface area contributed by atoms with Crippen LogP contribution in [0.15, 0.2) is 18.3 Å². The number of aromatic nitrogens is 1. The van der Waals surface area contributed by atoms with Gasteiger partial charge in [-0.25, -0.2) is 0 Å². The molecule has 0 aliphatic carbocycles. The number of nitrogens with zero attached hydrogens (tertiary/aromatic N) is 2. The summed E-state index contributed by atoms with van der Waals surface area (Å²) in [4.78, 5) is 29.5. The van der Waals surface area contributed by atoms with Crippen LogP contribution in [0, 0.1) is 0 Å². The van der Waals surface area contributed by atoms with Crippen LogP contribution in [0.1, 0.15) is 40.6 Å². The van der Waals surface area contributed by atoms with Gasteiger partial charge in [-0.1, -0.05) is 6.92 Å². The molecule has 90 valence electrons. The molecule has 2 heterocycles. The zero-order valence-electron chi connectivity index (χ0n) is 9.72. The molecule has 0 aromatic carbocycles. The number of fused-ring (bicyclic) bond motifs is 1. The SMILES string of the molecule is CCC(CCN)N1C(=O)c2cccnc2C1=O. The first-order valence-electron chi connectivity index (χ1n) is 5.73.